The van der Waals surface area contributed by atoms with Crippen LogP contribution in [0.4, 0.5) is 0 Å². The molecule has 1 saturated heterocycles. The van der Waals surface area contributed by atoms with Crippen LogP contribution in [0.3, 0.4) is 0 Å². The third-order valence-corrected chi connectivity index (χ3v) is 6.84. The molecule has 0 amide bonds. The minimum atomic E-state index is 0.388. The summed E-state index contributed by atoms with van der Waals surface area (Å²) < 4.78 is 5.31. The maximum atomic E-state index is 5.31. The van der Waals surface area contributed by atoms with Gasteiger partial charge in [0.2, 0.25) is 0 Å². The van der Waals surface area contributed by atoms with E-state index in [1.165, 1.54) is 56.3 Å². The summed E-state index contributed by atoms with van der Waals surface area (Å²) in [6.45, 7) is 8.51. The van der Waals surface area contributed by atoms with Crippen LogP contribution >= 0.6 is 0 Å². The van der Waals surface area contributed by atoms with Gasteiger partial charge in [-0.3, -0.25) is 9.89 Å². The second-order valence-electron chi connectivity index (χ2n) is 9.15. The lowest BCUT2D eigenvalue weighted by molar-refractivity contribution is 0.0732. The van der Waals surface area contributed by atoms with E-state index in [9.17, 15) is 0 Å². The van der Waals surface area contributed by atoms with E-state index >= 15 is 0 Å². The van der Waals surface area contributed by atoms with Crippen molar-refractivity contribution in [1.82, 2.24) is 15.5 Å². The highest BCUT2D eigenvalue weighted by atomic mass is 16.5. The van der Waals surface area contributed by atoms with Crippen LogP contribution in [0.15, 0.2) is 29.3 Å². The molecule has 1 heterocycles. The summed E-state index contributed by atoms with van der Waals surface area (Å²) in [4.78, 5) is 7.01. The average Bonchev–Trinajstić information content (AvgIpc) is 2.71. The largest absolute Gasteiger partial charge is 0.385 e. The van der Waals surface area contributed by atoms with Crippen molar-refractivity contribution in [3.63, 3.8) is 0 Å². The molecule has 1 aliphatic carbocycles. The Bertz CT molecular complexity index is 648. The molecule has 2 N–H and O–H groups in total. The molecular weight excluding hydrogens is 360 g/mol. The van der Waals surface area contributed by atoms with E-state index in [1.54, 1.807) is 7.11 Å². The molecule has 3 rings (SSSR count). The van der Waals surface area contributed by atoms with Crippen molar-refractivity contribution in [2.75, 3.05) is 40.4 Å². The SMILES string of the molecule is CN=C(NCc1cccc(CN2CCC(C)CC2)c1)NCC1(CCOC)CCC1. The molecule has 0 unspecified atom stereocenters. The summed E-state index contributed by atoms with van der Waals surface area (Å²) in [6.07, 6.45) is 7.70. The average molecular weight is 401 g/mol. The monoisotopic (exact) mass is 400 g/mol. The number of piperidine rings is 1. The molecule has 5 nitrogen and oxygen atoms in total. The molecule has 1 aliphatic heterocycles. The van der Waals surface area contributed by atoms with E-state index < -0.39 is 0 Å². The molecule has 5 heteroatoms. The standard InChI is InChI=1S/C24H40N4O/c1-20-8-13-28(14-9-20)18-22-7-4-6-21(16-22)17-26-23(25-2)27-19-24(10-5-11-24)12-15-29-3/h4,6-7,16,20H,5,8-15,17-19H2,1-3H3,(H2,25,26,27). The van der Waals surface area contributed by atoms with Gasteiger partial charge in [0.15, 0.2) is 5.96 Å². The van der Waals surface area contributed by atoms with E-state index in [4.69, 9.17) is 4.74 Å². The summed E-state index contributed by atoms with van der Waals surface area (Å²) >= 11 is 0. The van der Waals surface area contributed by atoms with Gasteiger partial charge in [-0.05, 0) is 67.7 Å². The molecule has 0 atom stereocenters. The second kappa shape index (κ2) is 11.0. The number of hydrogen-bond acceptors (Lipinski definition) is 3. The first-order chi connectivity index (χ1) is 14.1. The predicted octanol–water partition coefficient (Wildman–Crippen LogP) is 3.79. The van der Waals surface area contributed by atoms with Crippen LogP contribution in [-0.2, 0) is 17.8 Å². The normalized spacial score (nSPS) is 20.3. The summed E-state index contributed by atoms with van der Waals surface area (Å²) in [5, 5.41) is 7.04. The molecule has 162 valence electrons. The highest BCUT2D eigenvalue weighted by molar-refractivity contribution is 5.79. The van der Waals surface area contributed by atoms with Crippen molar-refractivity contribution < 1.29 is 4.74 Å². The number of hydrogen-bond donors (Lipinski definition) is 2. The number of nitrogens with zero attached hydrogens (tertiary/aromatic N) is 2. The minimum Gasteiger partial charge on any atom is -0.385 e. The number of ether oxygens (including phenoxy) is 1. The third-order valence-electron chi connectivity index (χ3n) is 6.84. The summed E-state index contributed by atoms with van der Waals surface area (Å²) in [6, 6.07) is 8.98. The lowest BCUT2D eigenvalue weighted by Crippen LogP contribution is -2.46. The predicted molar refractivity (Wildman–Crippen MR) is 121 cm³/mol. The highest BCUT2D eigenvalue weighted by Crippen LogP contribution is 2.43. The Kier molecular flexibility index (Phi) is 8.37. The Morgan fingerprint density at radius 1 is 1.21 bits per heavy atom. The highest BCUT2D eigenvalue weighted by Gasteiger charge is 2.36. The van der Waals surface area contributed by atoms with Gasteiger partial charge in [0.25, 0.3) is 0 Å². The molecule has 1 aromatic rings. The molecule has 0 radical (unpaired) electrons. The summed E-state index contributed by atoms with van der Waals surface area (Å²) in [7, 11) is 3.64. The Labute approximate surface area is 177 Å². The van der Waals surface area contributed by atoms with Crippen LogP contribution in [0.1, 0.15) is 56.6 Å². The van der Waals surface area contributed by atoms with E-state index in [1.807, 2.05) is 7.05 Å². The Morgan fingerprint density at radius 2 is 1.97 bits per heavy atom. The number of nitrogens with one attached hydrogen (secondary N) is 2. The van der Waals surface area contributed by atoms with Crippen molar-refractivity contribution in [1.29, 1.82) is 0 Å². The number of methoxy groups -OCH3 is 1. The van der Waals surface area contributed by atoms with Crippen LogP contribution < -0.4 is 10.6 Å². The molecule has 1 aromatic carbocycles. The van der Waals surface area contributed by atoms with Crippen molar-refractivity contribution >= 4 is 5.96 Å². The van der Waals surface area contributed by atoms with E-state index in [-0.39, 0.29) is 0 Å². The topological polar surface area (TPSA) is 48.9 Å². The van der Waals surface area contributed by atoms with Crippen LogP contribution in [0, 0.1) is 11.3 Å². The molecule has 2 fully saturated rings. The first kappa shape index (κ1) is 22.1. The quantitative estimate of drug-likeness (QED) is 0.489. The smallest absolute Gasteiger partial charge is 0.191 e. The van der Waals surface area contributed by atoms with Crippen LogP contribution in [0.25, 0.3) is 0 Å². The zero-order valence-electron chi connectivity index (χ0n) is 18.7. The van der Waals surface area contributed by atoms with Gasteiger partial charge in [0, 0.05) is 40.4 Å². The van der Waals surface area contributed by atoms with Crippen LogP contribution in [0.5, 0.6) is 0 Å². The fourth-order valence-corrected chi connectivity index (χ4v) is 4.50. The Balaban J connectivity index is 1.45. The van der Waals surface area contributed by atoms with Crippen LogP contribution in [0.2, 0.25) is 0 Å². The second-order valence-corrected chi connectivity index (χ2v) is 9.15. The number of benzene rings is 1. The van der Waals surface area contributed by atoms with Gasteiger partial charge in [-0.2, -0.15) is 0 Å². The Hall–Kier alpha value is -1.59. The lowest BCUT2D eigenvalue weighted by Gasteiger charge is -2.42. The zero-order chi connectivity index (χ0) is 20.5. The first-order valence-electron chi connectivity index (χ1n) is 11.4. The minimum absolute atomic E-state index is 0.388. The molecule has 0 spiro atoms. The number of aliphatic imine (C=N–C) groups is 1. The lowest BCUT2D eigenvalue weighted by atomic mass is 9.67. The maximum Gasteiger partial charge on any atom is 0.191 e. The Morgan fingerprint density at radius 3 is 2.62 bits per heavy atom. The van der Waals surface area contributed by atoms with Gasteiger partial charge < -0.3 is 15.4 Å². The van der Waals surface area contributed by atoms with Crippen molar-refractivity contribution in [3.05, 3.63) is 35.4 Å². The molecule has 29 heavy (non-hydrogen) atoms. The van der Waals surface area contributed by atoms with Crippen LogP contribution in [-0.4, -0.2) is 51.3 Å². The van der Waals surface area contributed by atoms with Gasteiger partial charge in [-0.25, -0.2) is 0 Å². The molecule has 0 aromatic heterocycles. The van der Waals surface area contributed by atoms with Crippen molar-refractivity contribution in [2.24, 2.45) is 16.3 Å². The van der Waals surface area contributed by atoms with Gasteiger partial charge >= 0.3 is 0 Å². The number of likely N-dealkylation sites (tertiary alicyclic amines) is 1. The molecule has 0 bridgehead atoms. The molecular formula is C24H40N4O. The third kappa shape index (κ3) is 6.71. The first-order valence-corrected chi connectivity index (χ1v) is 11.4. The van der Waals surface area contributed by atoms with E-state index in [2.05, 4.69) is 51.7 Å². The summed E-state index contributed by atoms with van der Waals surface area (Å²) in [5.74, 6) is 1.78. The molecule has 2 aliphatic rings. The van der Waals surface area contributed by atoms with Crippen molar-refractivity contribution in [3.8, 4) is 0 Å². The number of rotatable bonds is 9. The fourth-order valence-electron chi connectivity index (χ4n) is 4.50. The molecule has 1 saturated carbocycles. The van der Waals surface area contributed by atoms with Gasteiger partial charge in [-0.15, -0.1) is 0 Å². The van der Waals surface area contributed by atoms with Gasteiger partial charge in [0.1, 0.15) is 0 Å². The van der Waals surface area contributed by atoms with E-state index in [0.29, 0.717) is 5.41 Å². The summed E-state index contributed by atoms with van der Waals surface area (Å²) in [5.41, 5.74) is 3.11. The number of guanidine groups is 1. The van der Waals surface area contributed by atoms with E-state index in [0.717, 1.165) is 44.5 Å². The zero-order valence-corrected chi connectivity index (χ0v) is 18.7. The van der Waals surface area contributed by atoms with Gasteiger partial charge in [-0.1, -0.05) is 37.6 Å². The fraction of sp³-hybridized carbons (Fsp3) is 0.708. The maximum absolute atomic E-state index is 5.31. The van der Waals surface area contributed by atoms with Crippen molar-refractivity contribution in [2.45, 2.75) is 58.5 Å². The van der Waals surface area contributed by atoms with Gasteiger partial charge in [0.05, 0.1) is 0 Å².